The molecule has 118 valence electrons. The van der Waals surface area contributed by atoms with Crippen LogP contribution in [0, 0.1) is 0 Å². The Bertz CT molecular complexity index is 853. The number of para-hydroxylation sites is 2. The van der Waals surface area contributed by atoms with Crippen molar-refractivity contribution in [2.75, 3.05) is 14.2 Å². The van der Waals surface area contributed by atoms with E-state index in [0.717, 1.165) is 23.1 Å². The lowest BCUT2D eigenvalue weighted by molar-refractivity contribution is 0.355. The van der Waals surface area contributed by atoms with Crippen LogP contribution in [-0.4, -0.2) is 30.0 Å². The SMILES string of the molecule is CCn1c(N=Cc2ccc(OC)c(OC)c2)nc2ccccc21. The second-order valence-electron chi connectivity index (χ2n) is 5.02. The zero-order valence-corrected chi connectivity index (χ0v) is 13.5. The molecule has 0 bridgehead atoms. The van der Waals surface area contributed by atoms with Gasteiger partial charge in [0.25, 0.3) is 0 Å². The van der Waals surface area contributed by atoms with Gasteiger partial charge < -0.3 is 14.0 Å². The van der Waals surface area contributed by atoms with Gasteiger partial charge in [-0.1, -0.05) is 12.1 Å². The molecule has 0 aliphatic rings. The lowest BCUT2D eigenvalue weighted by Crippen LogP contribution is -1.94. The maximum atomic E-state index is 5.31. The summed E-state index contributed by atoms with van der Waals surface area (Å²) in [4.78, 5) is 9.13. The molecule has 0 amide bonds. The summed E-state index contributed by atoms with van der Waals surface area (Å²) in [5, 5.41) is 0. The third-order valence-electron chi connectivity index (χ3n) is 3.69. The van der Waals surface area contributed by atoms with E-state index in [1.54, 1.807) is 20.4 Å². The number of ether oxygens (including phenoxy) is 2. The predicted octanol–water partition coefficient (Wildman–Crippen LogP) is 3.82. The van der Waals surface area contributed by atoms with E-state index >= 15 is 0 Å². The molecule has 0 saturated carbocycles. The van der Waals surface area contributed by atoms with Crippen LogP contribution in [0.25, 0.3) is 11.0 Å². The molecule has 1 aromatic heterocycles. The van der Waals surface area contributed by atoms with Crippen molar-refractivity contribution in [2.24, 2.45) is 4.99 Å². The first-order chi connectivity index (χ1) is 11.3. The lowest BCUT2D eigenvalue weighted by Gasteiger charge is -2.07. The molecule has 0 saturated heterocycles. The summed E-state index contributed by atoms with van der Waals surface area (Å²) in [6.07, 6.45) is 1.79. The number of hydrogen-bond donors (Lipinski definition) is 0. The van der Waals surface area contributed by atoms with Crippen molar-refractivity contribution >= 4 is 23.2 Å². The molecule has 0 aliphatic carbocycles. The van der Waals surface area contributed by atoms with Crippen LogP contribution >= 0.6 is 0 Å². The first-order valence-corrected chi connectivity index (χ1v) is 7.48. The number of fused-ring (bicyclic) bond motifs is 1. The maximum absolute atomic E-state index is 5.31. The largest absolute Gasteiger partial charge is 0.493 e. The Morgan fingerprint density at radius 3 is 2.61 bits per heavy atom. The molecule has 1 heterocycles. The molecule has 5 heteroatoms. The normalized spacial score (nSPS) is 11.3. The highest BCUT2D eigenvalue weighted by molar-refractivity contribution is 5.84. The smallest absolute Gasteiger partial charge is 0.230 e. The molecule has 0 radical (unpaired) electrons. The minimum atomic E-state index is 0.681. The molecular weight excluding hydrogens is 290 g/mol. The van der Waals surface area contributed by atoms with Gasteiger partial charge in [0, 0.05) is 12.8 Å². The van der Waals surface area contributed by atoms with Crippen LogP contribution in [0.2, 0.25) is 0 Å². The first-order valence-electron chi connectivity index (χ1n) is 7.48. The summed E-state index contributed by atoms with van der Waals surface area (Å²) in [5.41, 5.74) is 2.97. The highest BCUT2D eigenvalue weighted by atomic mass is 16.5. The first kappa shape index (κ1) is 15.1. The molecule has 3 rings (SSSR count). The van der Waals surface area contributed by atoms with E-state index in [2.05, 4.69) is 27.5 Å². The van der Waals surface area contributed by atoms with Gasteiger partial charge in [0.05, 0.1) is 25.3 Å². The number of benzene rings is 2. The summed E-state index contributed by atoms with van der Waals surface area (Å²) < 4.78 is 12.6. The van der Waals surface area contributed by atoms with Crippen LogP contribution in [0.4, 0.5) is 5.95 Å². The predicted molar refractivity (Wildman–Crippen MR) is 92.2 cm³/mol. The maximum Gasteiger partial charge on any atom is 0.230 e. The third-order valence-corrected chi connectivity index (χ3v) is 3.69. The van der Waals surface area contributed by atoms with Crippen molar-refractivity contribution in [3.05, 3.63) is 48.0 Å². The Balaban J connectivity index is 1.97. The monoisotopic (exact) mass is 309 g/mol. The fraction of sp³-hybridized carbons (Fsp3) is 0.222. The molecule has 3 aromatic rings. The standard InChI is InChI=1S/C18H19N3O2/c1-4-21-15-8-6-5-7-14(15)20-18(21)19-12-13-9-10-16(22-2)17(11-13)23-3/h5-12H,4H2,1-3H3. The molecule has 0 N–H and O–H groups in total. The Labute approximate surface area is 135 Å². The van der Waals surface area contributed by atoms with Gasteiger partial charge >= 0.3 is 0 Å². The quantitative estimate of drug-likeness (QED) is 0.673. The summed E-state index contributed by atoms with van der Waals surface area (Å²) in [6, 6.07) is 13.7. The van der Waals surface area contributed by atoms with Gasteiger partial charge in [0.1, 0.15) is 0 Å². The Morgan fingerprint density at radius 1 is 1.09 bits per heavy atom. The zero-order valence-electron chi connectivity index (χ0n) is 13.5. The highest BCUT2D eigenvalue weighted by Crippen LogP contribution is 2.27. The number of nitrogens with zero attached hydrogens (tertiary/aromatic N) is 3. The van der Waals surface area contributed by atoms with Gasteiger partial charge in [-0.3, -0.25) is 0 Å². The van der Waals surface area contributed by atoms with Crippen LogP contribution in [-0.2, 0) is 6.54 Å². The molecule has 0 unspecified atom stereocenters. The van der Waals surface area contributed by atoms with Crippen LogP contribution < -0.4 is 9.47 Å². The number of imidazole rings is 1. The number of methoxy groups -OCH3 is 2. The van der Waals surface area contributed by atoms with Crippen LogP contribution in [0.3, 0.4) is 0 Å². The van der Waals surface area contributed by atoms with E-state index in [1.807, 2.05) is 36.4 Å². The van der Waals surface area contributed by atoms with E-state index in [0.29, 0.717) is 17.4 Å². The van der Waals surface area contributed by atoms with Gasteiger partial charge in [-0.2, -0.15) is 0 Å². The molecule has 0 spiro atoms. The van der Waals surface area contributed by atoms with Crippen molar-refractivity contribution in [3.63, 3.8) is 0 Å². The number of aromatic nitrogens is 2. The van der Waals surface area contributed by atoms with Gasteiger partial charge in [-0.15, -0.1) is 0 Å². The third kappa shape index (κ3) is 2.90. The summed E-state index contributed by atoms with van der Waals surface area (Å²) in [5.74, 6) is 2.08. The lowest BCUT2D eigenvalue weighted by atomic mass is 10.2. The Kier molecular flexibility index (Phi) is 4.28. The number of hydrogen-bond acceptors (Lipinski definition) is 4. The van der Waals surface area contributed by atoms with Crippen LogP contribution in [0.15, 0.2) is 47.5 Å². The molecular formula is C18H19N3O2. The minimum Gasteiger partial charge on any atom is -0.493 e. The van der Waals surface area contributed by atoms with Crippen LogP contribution in [0.1, 0.15) is 12.5 Å². The van der Waals surface area contributed by atoms with E-state index < -0.39 is 0 Å². The Hall–Kier alpha value is -2.82. The molecule has 0 atom stereocenters. The van der Waals surface area contributed by atoms with E-state index in [-0.39, 0.29) is 0 Å². The topological polar surface area (TPSA) is 48.6 Å². The zero-order chi connectivity index (χ0) is 16.2. The second kappa shape index (κ2) is 6.52. The summed E-state index contributed by atoms with van der Waals surface area (Å²) >= 11 is 0. The van der Waals surface area contributed by atoms with Gasteiger partial charge in [-0.25, -0.2) is 9.98 Å². The molecule has 23 heavy (non-hydrogen) atoms. The van der Waals surface area contributed by atoms with Crippen molar-refractivity contribution in [1.82, 2.24) is 9.55 Å². The number of aliphatic imine (C=N–C) groups is 1. The van der Waals surface area contributed by atoms with Crippen LogP contribution in [0.5, 0.6) is 11.5 Å². The van der Waals surface area contributed by atoms with Crippen molar-refractivity contribution in [1.29, 1.82) is 0 Å². The highest BCUT2D eigenvalue weighted by Gasteiger charge is 2.08. The molecule has 0 aliphatic heterocycles. The second-order valence-corrected chi connectivity index (χ2v) is 5.02. The Morgan fingerprint density at radius 2 is 1.87 bits per heavy atom. The fourth-order valence-electron chi connectivity index (χ4n) is 2.54. The molecule has 0 fully saturated rings. The fourth-order valence-corrected chi connectivity index (χ4v) is 2.54. The average molecular weight is 309 g/mol. The average Bonchev–Trinajstić information content (AvgIpc) is 2.97. The summed E-state index contributed by atoms with van der Waals surface area (Å²) in [6.45, 7) is 2.91. The van der Waals surface area contributed by atoms with Crippen molar-refractivity contribution in [3.8, 4) is 11.5 Å². The van der Waals surface area contributed by atoms with Crippen molar-refractivity contribution < 1.29 is 9.47 Å². The van der Waals surface area contributed by atoms with E-state index in [9.17, 15) is 0 Å². The minimum absolute atomic E-state index is 0.681. The number of rotatable bonds is 5. The van der Waals surface area contributed by atoms with Gasteiger partial charge in [0.15, 0.2) is 11.5 Å². The van der Waals surface area contributed by atoms with E-state index in [4.69, 9.17) is 9.47 Å². The number of aryl methyl sites for hydroxylation is 1. The van der Waals surface area contributed by atoms with Gasteiger partial charge in [-0.05, 0) is 42.8 Å². The molecule has 5 nitrogen and oxygen atoms in total. The van der Waals surface area contributed by atoms with Crippen molar-refractivity contribution in [2.45, 2.75) is 13.5 Å². The van der Waals surface area contributed by atoms with Gasteiger partial charge in [0.2, 0.25) is 5.95 Å². The van der Waals surface area contributed by atoms with E-state index in [1.165, 1.54) is 0 Å². The molecule has 2 aromatic carbocycles. The summed E-state index contributed by atoms with van der Waals surface area (Å²) in [7, 11) is 3.24.